The molecule has 24 heavy (non-hydrogen) atoms. The van der Waals surface area contributed by atoms with Crippen molar-refractivity contribution in [3.8, 4) is 0 Å². The van der Waals surface area contributed by atoms with Gasteiger partial charge in [0, 0.05) is 0 Å². The molecular formula is C24H16. The first kappa shape index (κ1) is 13.3. The molecule has 0 spiro atoms. The standard InChI is InChI=1S/C24H16/c1-2-4-10-23-17(7-3-1)11-12-20-15-21-13-18-8-5-6-9-19(18)14-22(21)16-24(20)23/h1-16H/b2-1-,3-1?,4-2?,7-3-,10-4-,17-7?,23-10?. The summed E-state index contributed by atoms with van der Waals surface area (Å²) in [6, 6.07) is 22.2. The molecule has 0 aromatic heterocycles. The molecule has 0 aliphatic heterocycles. The molecular weight excluding hydrogens is 288 g/mol. The molecule has 1 aliphatic carbocycles. The highest BCUT2D eigenvalue weighted by Gasteiger charge is 2.07. The molecule has 112 valence electrons. The van der Waals surface area contributed by atoms with Crippen molar-refractivity contribution in [1.82, 2.24) is 0 Å². The largest absolute Gasteiger partial charge is 0.0622 e. The van der Waals surface area contributed by atoms with Gasteiger partial charge in [0.05, 0.1) is 0 Å². The van der Waals surface area contributed by atoms with Crippen LogP contribution < -0.4 is 0 Å². The van der Waals surface area contributed by atoms with E-state index in [1.807, 2.05) is 0 Å². The molecule has 0 fully saturated rings. The normalized spacial score (nSPS) is 17.3. The maximum Gasteiger partial charge on any atom is -0.00990 e. The Morgan fingerprint density at radius 2 is 1.12 bits per heavy atom. The molecule has 0 heterocycles. The number of allylic oxidation sites excluding steroid dienone is 4. The van der Waals surface area contributed by atoms with Crippen molar-refractivity contribution in [2.24, 2.45) is 0 Å². The van der Waals surface area contributed by atoms with Gasteiger partial charge in [0.15, 0.2) is 0 Å². The van der Waals surface area contributed by atoms with Crippen LogP contribution in [0.25, 0.3) is 44.5 Å². The van der Waals surface area contributed by atoms with E-state index in [0.717, 1.165) is 0 Å². The second-order valence-corrected chi connectivity index (χ2v) is 6.29. The number of benzene rings is 4. The minimum absolute atomic E-state index is 1.27. The zero-order valence-corrected chi connectivity index (χ0v) is 13.2. The van der Waals surface area contributed by atoms with Crippen LogP contribution in [0, 0.1) is 0 Å². The highest BCUT2D eigenvalue weighted by atomic mass is 14.1. The van der Waals surface area contributed by atoms with Crippen molar-refractivity contribution in [2.45, 2.75) is 0 Å². The number of hydrogen-bond acceptors (Lipinski definition) is 0. The van der Waals surface area contributed by atoms with Crippen LogP contribution in [-0.2, 0) is 0 Å². The number of rotatable bonds is 0. The van der Waals surface area contributed by atoms with E-state index in [-0.39, 0.29) is 0 Å². The van der Waals surface area contributed by atoms with E-state index in [1.54, 1.807) is 0 Å². The Kier molecular flexibility index (Phi) is 2.89. The highest BCUT2D eigenvalue weighted by Crippen LogP contribution is 2.32. The van der Waals surface area contributed by atoms with Gasteiger partial charge in [-0.2, -0.15) is 0 Å². The second-order valence-electron chi connectivity index (χ2n) is 6.29. The first-order chi connectivity index (χ1) is 11.9. The first-order valence-corrected chi connectivity index (χ1v) is 8.29. The van der Waals surface area contributed by atoms with E-state index in [1.165, 1.54) is 43.4 Å². The Morgan fingerprint density at radius 3 is 1.92 bits per heavy atom. The minimum atomic E-state index is 1.27. The number of fused-ring (bicyclic) bond motifs is 5. The predicted octanol–water partition coefficient (Wildman–Crippen LogP) is 6.74. The first-order valence-electron chi connectivity index (χ1n) is 8.29. The molecule has 0 nitrogen and oxygen atoms in total. The quantitative estimate of drug-likeness (QED) is 0.315. The average molecular weight is 304 g/mol. The summed E-state index contributed by atoms with van der Waals surface area (Å²) in [4.78, 5) is 0. The molecule has 1 aliphatic rings. The van der Waals surface area contributed by atoms with E-state index in [9.17, 15) is 0 Å². The Morgan fingerprint density at radius 1 is 0.458 bits per heavy atom. The zero-order chi connectivity index (χ0) is 15.9. The van der Waals surface area contributed by atoms with Crippen molar-refractivity contribution in [2.75, 3.05) is 0 Å². The molecule has 0 saturated heterocycles. The molecule has 0 atom stereocenters. The summed E-state index contributed by atoms with van der Waals surface area (Å²) in [7, 11) is 0. The van der Waals surface area contributed by atoms with Gasteiger partial charge in [-0.25, -0.2) is 0 Å². The zero-order valence-electron chi connectivity index (χ0n) is 13.2. The van der Waals surface area contributed by atoms with Gasteiger partial charge in [-0.3, -0.25) is 0 Å². The van der Waals surface area contributed by atoms with Gasteiger partial charge in [-0.15, -0.1) is 0 Å². The Bertz CT molecular complexity index is 1190. The van der Waals surface area contributed by atoms with Crippen molar-refractivity contribution in [3.63, 3.8) is 0 Å². The predicted molar refractivity (Wildman–Crippen MR) is 106 cm³/mol. The van der Waals surface area contributed by atoms with Crippen LogP contribution in [-0.4, -0.2) is 0 Å². The third-order valence-corrected chi connectivity index (χ3v) is 4.79. The highest BCUT2D eigenvalue weighted by molar-refractivity contribution is 6.07. The summed E-state index contributed by atoms with van der Waals surface area (Å²) in [5.74, 6) is 0. The lowest BCUT2D eigenvalue weighted by atomic mass is 9.93. The van der Waals surface area contributed by atoms with Gasteiger partial charge in [0.2, 0.25) is 0 Å². The van der Waals surface area contributed by atoms with Gasteiger partial charge < -0.3 is 0 Å². The Labute approximate surface area is 141 Å². The Balaban J connectivity index is 1.89. The van der Waals surface area contributed by atoms with Crippen LogP contribution in [0.15, 0.2) is 85.0 Å². The van der Waals surface area contributed by atoms with Gasteiger partial charge in [0.1, 0.15) is 0 Å². The lowest BCUT2D eigenvalue weighted by Crippen LogP contribution is -1.87. The van der Waals surface area contributed by atoms with Crippen molar-refractivity contribution >= 4 is 44.5 Å². The summed E-state index contributed by atoms with van der Waals surface area (Å²) in [5, 5.41) is 7.78. The maximum atomic E-state index is 2.33. The number of hydrogen-bond donors (Lipinski definition) is 0. The lowest BCUT2D eigenvalue weighted by molar-refractivity contribution is 1.67. The molecule has 0 heteroatoms. The van der Waals surface area contributed by atoms with Crippen molar-refractivity contribution < 1.29 is 0 Å². The third kappa shape index (κ3) is 2.08. The van der Waals surface area contributed by atoms with E-state index in [2.05, 4.69) is 97.1 Å². The monoisotopic (exact) mass is 304 g/mol. The van der Waals surface area contributed by atoms with E-state index in [0.29, 0.717) is 0 Å². The summed E-state index contributed by atoms with van der Waals surface area (Å²) in [5.41, 5.74) is 2.56. The fraction of sp³-hybridized carbons (Fsp3) is 0. The summed E-state index contributed by atoms with van der Waals surface area (Å²) in [6.07, 6.45) is 12.8. The van der Waals surface area contributed by atoms with Gasteiger partial charge in [-0.05, 0) is 67.7 Å². The average Bonchev–Trinajstić information content (AvgIpc) is 2.58. The second kappa shape index (κ2) is 5.21. The van der Waals surface area contributed by atoms with Crippen molar-refractivity contribution in [3.05, 3.63) is 96.1 Å². The molecule has 4 aromatic carbocycles. The summed E-state index contributed by atoms with van der Waals surface area (Å²) in [6.45, 7) is 0. The van der Waals surface area contributed by atoms with Crippen LogP contribution in [0.2, 0.25) is 0 Å². The fourth-order valence-corrected chi connectivity index (χ4v) is 3.58. The molecule has 0 radical (unpaired) electrons. The molecule has 0 bridgehead atoms. The molecule has 0 amide bonds. The molecule has 5 rings (SSSR count). The van der Waals surface area contributed by atoms with Crippen molar-refractivity contribution in [1.29, 1.82) is 0 Å². The van der Waals surface area contributed by atoms with Gasteiger partial charge >= 0.3 is 0 Å². The molecule has 4 aromatic rings. The van der Waals surface area contributed by atoms with Crippen LogP contribution >= 0.6 is 0 Å². The summed E-state index contributed by atoms with van der Waals surface area (Å²) < 4.78 is 0. The van der Waals surface area contributed by atoms with E-state index < -0.39 is 0 Å². The molecule has 0 saturated carbocycles. The van der Waals surface area contributed by atoms with Gasteiger partial charge in [-0.1, -0.05) is 72.9 Å². The Hall–Kier alpha value is -3.12. The smallest absolute Gasteiger partial charge is 0.00990 e. The van der Waals surface area contributed by atoms with Crippen LogP contribution in [0.4, 0.5) is 0 Å². The van der Waals surface area contributed by atoms with Crippen LogP contribution in [0.5, 0.6) is 0 Å². The summed E-state index contributed by atoms with van der Waals surface area (Å²) >= 11 is 0. The lowest BCUT2D eigenvalue weighted by Gasteiger charge is -2.10. The van der Waals surface area contributed by atoms with Gasteiger partial charge in [0.25, 0.3) is 0 Å². The third-order valence-electron chi connectivity index (χ3n) is 4.79. The maximum absolute atomic E-state index is 2.33. The van der Waals surface area contributed by atoms with Crippen LogP contribution in [0.3, 0.4) is 0 Å². The SMILES string of the molecule is C1=C\C=C/c2c(ccc3cc4cc5ccccc5cc4cc23)\C=C/1. The molecule has 0 unspecified atom stereocenters. The van der Waals surface area contributed by atoms with E-state index in [4.69, 9.17) is 0 Å². The fourth-order valence-electron chi connectivity index (χ4n) is 3.58. The topological polar surface area (TPSA) is 0 Å². The van der Waals surface area contributed by atoms with E-state index >= 15 is 0 Å². The molecule has 0 N–H and O–H groups in total. The van der Waals surface area contributed by atoms with Crippen LogP contribution in [0.1, 0.15) is 11.1 Å². The minimum Gasteiger partial charge on any atom is -0.0622 e.